The maximum absolute atomic E-state index is 4.42. The van der Waals surface area contributed by atoms with Gasteiger partial charge in [0.25, 0.3) is 0 Å². The molecule has 0 amide bonds. The van der Waals surface area contributed by atoms with Crippen molar-refractivity contribution in [3.8, 4) is 11.3 Å². The highest BCUT2D eigenvalue weighted by molar-refractivity contribution is 5.59. The predicted molar refractivity (Wildman–Crippen MR) is 79.6 cm³/mol. The van der Waals surface area contributed by atoms with Crippen molar-refractivity contribution in [1.82, 2.24) is 15.1 Å². The zero-order valence-electron chi connectivity index (χ0n) is 11.6. The molecule has 2 unspecified atom stereocenters. The van der Waals surface area contributed by atoms with E-state index in [1.165, 1.54) is 6.54 Å². The maximum Gasteiger partial charge on any atom is 0.151 e. The van der Waals surface area contributed by atoms with Gasteiger partial charge in [0.05, 0.1) is 5.69 Å². The van der Waals surface area contributed by atoms with E-state index in [1.54, 1.807) is 0 Å². The molecule has 102 valence electrons. The van der Waals surface area contributed by atoms with Gasteiger partial charge in [0.15, 0.2) is 5.82 Å². The highest BCUT2D eigenvalue weighted by atomic mass is 15.3. The number of hydrogen-bond acceptors (Lipinski definition) is 4. The van der Waals surface area contributed by atoms with Crippen LogP contribution in [0.3, 0.4) is 0 Å². The molecule has 0 spiro atoms. The van der Waals surface area contributed by atoms with Crippen molar-refractivity contribution < 1.29 is 0 Å². The van der Waals surface area contributed by atoms with E-state index in [-0.39, 0.29) is 0 Å². The van der Waals surface area contributed by atoms with Gasteiger partial charge in [-0.05, 0) is 19.2 Å². The number of likely N-dealkylation sites (tertiary alicyclic amines) is 1. The highest BCUT2D eigenvalue weighted by Crippen LogP contribution is 2.32. The molecule has 2 atom stereocenters. The summed E-state index contributed by atoms with van der Waals surface area (Å²) in [7, 11) is 2.20. The second-order valence-corrected chi connectivity index (χ2v) is 5.81. The van der Waals surface area contributed by atoms with Crippen molar-refractivity contribution in [2.75, 3.05) is 31.6 Å². The monoisotopic (exact) mass is 266 g/mol. The number of nitrogens with zero attached hydrogens (tertiary/aromatic N) is 4. The van der Waals surface area contributed by atoms with Crippen LogP contribution in [-0.2, 0) is 0 Å². The van der Waals surface area contributed by atoms with Crippen LogP contribution in [0.4, 0.5) is 5.82 Å². The summed E-state index contributed by atoms with van der Waals surface area (Å²) in [4.78, 5) is 4.79. The van der Waals surface area contributed by atoms with Crippen LogP contribution in [0.15, 0.2) is 42.5 Å². The molecule has 1 aromatic heterocycles. The van der Waals surface area contributed by atoms with Gasteiger partial charge in [0.2, 0.25) is 0 Å². The second-order valence-electron chi connectivity index (χ2n) is 5.81. The molecule has 0 bridgehead atoms. The van der Waals surface area contributed by atoms with Crippen LogP contribution in [0.1, 0.15) is 0 Å². The Hall–Kier alpha value is -1.94. The fourth-order valence-electron chi connectivity index (χ4n) is 3.34. The van der Waals surface area contributed by atoms with Crippen molar-refractivity contribution in [3.05, 3.63) is 42.5 Å². The van der Waals surface area contributed by atoms with Crippen molar-refractivity contribution in [1.29, 1.82) is 0 Å². The lowest BCUT2D eigenvalue weighted by molar-refractivity contribution is 0.0827. The second kappa shape index (κ2) is 4.56. The third-order valence-electron chi connectivity index (χ3n) is 4.54. The molecule has 4 rings (SSSR count). The Balaban J connectivity index is 1.54. The smallest absolute Gasteiger partial charge is 0.151 e. The molecule has 2 aromatic rings. The summed E-state index contributed by atoms with van der Waals surface area (Å²) in [5, 5.41) is 8.79. The van der Waals surface area contributed by atoms with Gasteiger partial charge in [-0.3, -0.25) is 0 Å². The lowest BCUT2D eigenvalue weighted by Crippen LogP contribution is -2.52. The zero-order valence-corrected chi connectivity index (χ0v) is 11.6. The van der Waals surface area contributed by atoms with Gasteiger partial charge in [0.1, 0.15) is 0 Å². The molecular formula is C16H18N4. The van der Waals surface area contributed by atoms with Crippen LogP contribution in [0.2, 0.25) is 0 Å². The summed E-state index contributed by atoms with van der Waals surface area (Å²) in [6, 6.07) is 15.1. The van der Waals surface area contributed by atoms with E-state index in [1.807, 2.05) is 18.2 Å². The molecule has 0 aliphatic carbocycles. The molecule has 3 heterocycles. The molecule has 2 fully saturated rings. The third-order valence-corrected chi connectivity index (χ3v) is 4.54. The molecule has 2 aliphatic heterocycles. The van der Waals surface area contributed by atoms with Crippen molar-refractivity contribution >= 4 is 5.82 Å². The fraction of sp³-hybridized carbons (Fsp3) is 0.375. The molecule has 0 N–H and O–H groups in total. The molecule has 1 aromatic carbocycles. The number of benzene rings is 1. The maximum atomic E-state index is 4.42. The van der Waals surface area contributed by atoms with E-state index in [4.69, 9.17) is 0 Å². The van der Waals surface area contributed by atoms with E-state index in [2.05, 4.69) is 51.3 Å². The normalized spacial score (nSPS) is 25.4. The van der Waals surface area contributed by atoms with E-state index in [9.17, 15) is 0 Å². The van der Waals surface area contributed by atoms with E-state index < -0.39 is 0 Å². The highest BCUT2D eigenvalue weighted by Gasteiger charge is 2.43. The average Bonchev–Trinajstić information content (AvgIpc) is 2.86. The molecule has 4 heteroatoms. The van der Waals surface area contributed by atoms with Crippen LogP contribution in [0, 0.1) is 5.92 Å². The number of hydrogen-bond donors (Lipinski definition) is 0. The van der Waals surface area contributed by atoms with Gasteiger partial charge in [-0.2, -0.15) is 0 Å². The summed E-state index contributed by atoms with van der Waals surface area (Å²) >= 11 is 0. The molecule has 4 nitrogen and oxygen atoms in total. The fourth-order valence-corrected chi connectivity index (χ4v) is 3.34. The first kappa shape index (κ1) is 11.9. The Labute approximate surface area is 119 Å². The Morgan fingerprint density at radius 1 is 0.950 bits per heavy atom. The van der Waals surface area contributed by atoms with Gasteiger partial charge in [-0.15, -0.1) is 10.2 Å². The first-order valence-corrected chi connectivity index (χ1v) is 7.15. The standard InChI is InChI=1S/C16H18N4/c1-19-9-13-10-20(11-15(13)19)16-8-7-14(17-18-16)12-5-3-2-4-6-12/h2-8,13,15H,9-11H2,1H3. The van der Waals surface area contributed by atoms with E-state index in [0.29, 0.717) is 6.04 Å². The minimum absolute atomic E-state index is 0.714. The summed E-state index contributed by atoms with van der Waals surface area (Å²) in [6.45, 7) is 3.42. The first-order chi connectivity index (χ1) is 9.81. The van der Waals surface area contributed by atoms with E-state index >= 15 is 0 Å². The summed E-state index contributed by atoms with van der Waals surface area (Å²) in [5.74, 6) is 1.82. The van der Waals surface area contributed by atoms with Crippen LogP contribution >= 0.6 is 0 Å². The molecular weight excluding hydrogens is 248 g/mol. The zero-order chi connectivity index (χ0) is 13.5. The summed E-state index contributed by atoms with van der Waals surface area (Å²) < 4.78 is 0. The Kier molecular flexibility index (Phi) is 2.70. The molecule has 2 aliphatic rings. The van der Waals surface area contributed by atoms with Crippen molar-refractivity contribution in [2.45, 2.75) is 6.04 Å². The Morgan fingerprint density at radius 3 is 2.45 bits per heavy atom. The minimum atomic E-state index is 0.714. The Bertz CT molecular complexity index is 596. The third kappa shape index (κ3) is 1.88. The number of rotatable bonds is 2. The quantitative estimate of drug-likeness (QED) is 0.831. The number of anilines is 1. The topological polar surface area (TPSA) is 32.3 Å². The SMILES string of the molecule is CN1CC2CN(c3ccc(-c4ccccc4)nn3)CC21. The van der Waals surface area contributed by atoms with Gasteiger partial charge < -0.3 is 9.80 Å². The first-order valence-electron chi connectivity index (χ1n) is 7.15. The molecule has 0 radical (unpaired) electrons. The molecule has 20 heavy (non-hydrogen) atoms. The summed E-state index contributed by atoms with van der Waals surface area (Å²) in [5.41, 5.74) is 2.06. The number of fused-ring (bicyclic) bond motifs is 1. The predicted octanol–water partition coefficient (Wildman–Crippen LogP) is 1.89. The lowest BCUT2D eigenvalue weighted by Gasteiger charge is -2.40. The van der Waals surface area contributed by atoms with Gasteiger partial charge in [-0.1, -0.05) is 30.3 Å². The largest absolute Gasteiger partial charge is 0.353 e. The Morgan fingerprint density at radius 2 is 1.80 bits per heavy atom. The summed E-state index contributed by atoms with van der Waals surface area (Å²) in [6.07, 6.45) is 0. The number of aromatic nitrogens is 2. The average molecular weight is 266 g/mol. The number of likely N-dealkylation sites (N-methyl/N-ethyl adjacent to an activating group) is 1. The molecule has 0 saturated carbocycles. The minimum Gasteiger partial charge on any atom is -0.353 e. The van der Waals surface area contributed by atoms with Crippen molar-refractivity contribution in [2.24, 2.45) is 5.92 Å². The van der Waals surface area contributed by atoms with E-state index in [0.717, 1.165) is 36.1 Å². The van der Waals surface area contributed by atoms with Crippen LogP contribution in [0.25, 0.3) is 11.3 Å². The van der Waals surface area contributed by atoms with Gasteiger partial charge in [0, 0.05) is 37.2 Å². The lowest BCUT2D eigenvalue weighted by atomic mass is 9.93. The van der Waals surface area contributed by atoms with Gasteiger partial charge >= 0.3 is 0 Å². The van der Waals surface area contributed by atoms with Crippen LogP contribution in [-0.4, -0.2) is 47.8 Å². The molecule has 2 saturated heterocycles. The van der Waals surface area contributed by atoms with Crippen LogP contribution in [0.5, 0.6) is 0 Å². The van der Waals surface area contributed by atoms with Gasteiger partial charge in [-0.25, -0.2) is 0 Å². The van der Waals surface area contributed by atoms with Crippen molar-refractivity contribution in [3.63, 3.8) is 0 Å². The van der Waals surface area contributed by atoms with Crippen LogP contribution < -0.4 is 4.90 Å².